The molecule has 4 heteroatoms. The van der Waals surface area contributed by atoms with Crippen LogP contribution in [0, 0.1) is 0 Å². The van der Waals surface area contributed by atoms with E-state index >= 15 is 0 Å². The molecule has 0 saturated carbocycles. The summed E-state index contributed by atoms with van der Waals surface area (Å²) in [4.78, 5) is 4.32. The zero-order valence-electron chi connectivity index (χ0n) is 12.8. The van der Waals surface area contributed by atoms with Crippen molar-refractivity contribution in [3.05, 3.63) is 53.7 Å². The van der Waals surface area contributed by atoms with Gasteiger partial charge in [-0.05, 0) is 44.2 Å². The van der Waals surface area contributed by atoms with Crippen LogP contribution in [0.2, 0.25) is 0 Å². The summed E-state index contributed by atoms with van der Waals surface area (Å²) in [5.74, 6) is 1.45. The Morgan fingerprint density at radius 2 is 1.90 bits per heavy atom. The van der Waals surface area contributed by atoms with Crippen LogP contribution < -0.4 is 14.8 Å². The molecule has 0 spiro atoms. The van der Waals surface area contributed by atoms with Crippen molar-refractivity contribution < 1.29 is 9.47 Å². The average Bonchev–Trinajstić information content (AvgIpc) is 2.54. The van der Waals surface area contributed by atoms with Crippen LogP contribution in [0.1, 0.15) is 18.2 Å². The smallest absolute Gasteiger partial charge is 0.213 e. The maximum Gasteiger partial charge on any atom is 0.213 e. The first kappa shape index (κ1) is 15.3. The van der Waals surface area contributed by atoms with Crippen molar-refractivity contribution in [2.24, 2.45) is 0 Å². The average molecular weight is 286 g/mol. The maximum atomic E-state index is 5.74. The molecule has 0 fully saturated rings. The van der Waals surface area contributed by atoms with E-state index in [9.17, 15) is 0 Å². The Morgan fingerprint density at radius 1 is 1.14 bits per heavy atom. The van der Waals surface area contributed by atoms with Crippen LogP contribution in [0.3, 0.4) is 0 Å². The first-order chi connectivity index (χ1) is 10.2. The third-order valence-corrected chi connectivity index (χ3v) is 3.34. The van der Waals surface area contributed by atoms with E-state index in [2.05, 4.69) is 29.4 Å². The van der Waals surface area contributed by atoms with Gasteiger partial charge in [0.2, 0.25) is 5.88 Å². The van der Waals surface area contributed by atoms with Gasteiger partial charge in [-0.3, -0.25) is 0 Å². The highest BCUT2D eigenvalue weighted by Gasteiger charge is 2.02. The molecule has 1 unspecified atom stereocenters. The van der Waals surface area contributed by atoms with Gasteiger partial charge < -0.3 is 14.8 Å². The number of pyridine rings is 1. The number of likely N-dealkylation sites (N-methyl/N-ethyl adjacent to an activating group) is 1. The van der Waals surface area contributed by atoms with Gasteiger partial charge >= 0.3 is 0 Å². The molecule has 1 aromatic heterocycles. The summed E-state index contributed by atoms with van der Waals surface area (Å²) in [7, 11) is 3.58. The molecular formula is C17H22N2O2. The minimum atomic E-state index is 0.434. The molecule has 2 aromatic rings. The summed E-state index contributed by atoms with van der Waals surface area (Å²) >= 11 is 0. The highest BCUT2D eigenvalue weighted by atomic mass is 16.5. The number of benzene rings is 1. The van der Waals surface area contributed by atoms with Crippen LogP contribution in [0.15, 0.2) is 42.5 Å². The third kappa shape index (κ3) is 4.76. The van der Waals surface area contributed by atoms with Crippen molar-refractivity contribution >= 4 is 0 Å². The molecule has 1 atom stereocenters. The number of ether oxygens (including phenoxy) is 2. The Balaban J connectivity index is 1.91. The van der Waals surface area contributed by atoms with Crippen LogP contribution >= 0.6 is 0 Å². The fourth-order valence-corrected chi connectivity index (χ4v) is 1.99. The third-order valence-electron chi connectivity index (χ3n) is 3.34. The lowest BCUT2D eigenvalue weighted by Gasteiger charge is -2.11. The van der Waals surface area contributed by atoms with E-state index in [4.69, 9.17) is 9.47 Å². The lowest BCUT2D eigenvalue weighted by Crippen LogP contribution is -2.23. The predicted molar refractivity (Wildman–Crippen MR) is 83.8 cm³/mol. The summed E-state index contributed by atoms with van der Waals surface area (Å²) in [5, 5.41) is 3.23. The van der Waals surface area contributed by atoms with Crippen LogP contribution in [0.4, 0.5) is 0 Å². The van der Waals surface area contributed by atoms with E-state index in [1.165, 1.54) is 5.56 Å². The van der Waals surface area contributed by atoms with Crippen molar-refractivity contribution in [3.63, 3.8) is 0 Å². The van der Waals surface area contributed by atoms with E-state index in [0.717, 1.165) is 17.9 Å². The van der Waals surface area contributed by atoms with Crippen molar-refractivity contribution in [2.45, 2.75) is 26.0 Å². The lowest BCUT2D eigenvalue weighted by atomic mass is 10.1. The van der Waals surface area contributed by atoms with E-state index in [1.54, 1.807) is 7.11 Å². The monoisotopic (exact) mass is 286 g/mol. The fourth-order valence-electron chi connectivity index (χ4n) is 1.99. The molecular weight excluding hydrogens is 264 g/mol. The van der Waals surface area contributed by atoms with Crippen molar-refractivity contribution in [3.8, 4) is 11.6 Å². The van der Waals surface area contributed by atoms with E-state index < -0.39 is 0 Å². The van der Waals surface area contributed by atoms with E-state index in [1.807, 2.05) is 37.4 Å². The fraction of sp³-hybridized carbons (Fsp3) is 0.353. The molecule has 0 aliphatic rings. The molecule has 0 aliphatic heterocycles. The molecule has 2 rings (SSSR count). The second-order valence-electron chi connectivity index (χ2n) is 5.00. The molecule has 21 heavy (non-hydrogen) atoms. The zero-order valence-corrected chi connectivity index (χ0v) is 12.8. The summed E-state index contributed by atoms with van der Waals surface area (Å²) < 4.78 is 10.8. The van der Waals surface area contributed by atoms with Crippen LogP contribution in [-0.2, 0) is 13.0 Å². The number of methoxy groups -OCH3 is 1. The number of aromatic nitrogens is 1. The predicted octanol–water partition coefficient (Wildman–Crippen LogP) is 2.82. The number of nitrogens with zero attached hydrogens (tertiary/aromatic N) is 1. The molecule has 112 valence electrons. The largest absolute Gasteiger partial charge is 0.487 e. The molecule has 4 nitrogen and oxygen atoms in total. The Labute approximate surface area is 126 Å². The minimum absolute atomic E-state index is 0.434. The van der Waals surface area contributed by atoms with Crippen molar-refractivity contribution in [1.29, 1.82) is 0 Å². The Bertz CT molecular complexity index is 555. The molecule has 1 aromatic carbocycles. The van der Waals surface area contributed by atoms with Gasteiger partial charge in [-0.1, -0.05) is 18.2 Å². The standard InChI is InChI=1S/C17H22N2O2/c1-13(18-2)11-14-7-9-16(10-8-14)21-12-15-5-4-6-17(19-15)20-3/h4-10,13,18H,11-12H2,1-3H3. The zero-order chi connectivity index (χ0) is 15.1. The summed E-state index contributed by atoms with van der Waals surface area (Å²) in [6.07, 6.45) is 1.01. The highest BCUT2D eigenvalue weighted by Crippen LogP contribution is 2.15. The highest BCUT2D eigenvalue weighted by molar-refractivity contribution is 5.28. The Morgan fingerprint density at radius 3 is 2.57 bits per heavy atom. The SMILES string of the molecule is CNC(C)Cc1ccc(OCc2cccc(OC)n2)cc1. The minimum Gasteiger partial charge on any atom is -0.487 e. The van der Waals surface area contributed by atoms with Gasteiger partial charge in [0.25, 0.3) is 0 Å². The number of hydrogen-bond donors (Lipinski definition) is 1. The summed E-state index contributed by atoms with van der Waals surface area (Å²) in [5.41, 5.74) is 2.14. The lowest BCUT2D eigenvalue weighted by molar-refractivity contribution is 0.298. The van der Waals surface area contributed by atoms with E-state index in [0.29, 0.717) is 18.5 Å². The molecule has 0 radical (unpaired) electrons. The second-order valence-corrected chi connectivity index (χ2v) is 5.00. The van der Waals surface area contributed by atoms with Gasteiger partial charge in [0.15, 0.2) is 0 Å². The number of rotatable bonds is 7. The Kier molecular flexibility index (Phi) is 5.58. The van der Waals surface area contributed by atoms with Crippen LogP contribution in [0.5, 0.6) is 11.6 Å². The second kappa shape index (κ2) is 7.64. The van der Waals surface area contributed by atoms with E-state index in [-0.39, 0.29) is 0 Å². The van der Waals surface area contributed by atoms with Gasteiger partial charge in [-0.2, -0.15) is 0 Å². The van der Waals surface area contributed by atoms with Gasteiger partial charge in [0.1, 0.15) is 12.4 Å². The molecule has 1 heterocycles. The van der Waals surface area contributed by atoms with Gasteiger partial charge in [-0.25, -0.2) is 4.98 Å². The molecule has 0 bridgehead atoms. The molecule has 1 N–H and O–H groups in total. The summed E-state index contributed by atoms with van der Waals surface area (Å²) in [6, 6.07) is 14.3. The first-order valence-corrected chi connectivity index (χ1v) is 7.10. The number of hydrogen-bond acceptors (Lipinski definition) is 4. The first-order valence-electron chi connectivity index (χ1n) is 7.10. The normalized spacial score (nSPS) is 12.0. The van der Waals surface area contributed by atoms with Gasteiger partial charge in [-0.15, -0.1) is 0 Å². The molecule has 0 aliphatic carbocycles. The van der Waals surface area contributed by atoms with Crippen LogP contribution in [0.25, 0.3) is 0 Å². The molecule has 0 amide bonds. The van der Waals surface area contributed by atoms with Crippen molar-refractivity contribution in [1.82, 2.24) is 10.3 Å². The molecule has 0 saturated heterocycles. The summed E-state index contributed by atoms with van der Waals surface area (Å²) in [6.45, 7) is 2.60. The van der Waals surface area contributed by atoms with Gasteiger partial charge in [0, 0.05) is 12.1 Å². The van der Waals surface area contributed by atoms with Crippen molar-refractivity contribution in [2.75, 3.05) is 14.2 Å². The van der Waals surface area contributed by atoms with Crippen LogP contribution in [-0.4, -0.2) is 25.2 Å². The van der Waals surface area contributed by atoms with Gasteiger partial charge in [0.05, 0.1) is 12.8 Å². The maximum absolute atomic E-state index is 5.74. The Hall–Kier alpha value is -2.07. The topological polar surface area (TPSA) is 43.4 Å². The number of nitrogens with one attached hydrogen (secondary N) is 1. The quantitative estimate of drug-likeness (QED) is 0.850.